The van der Waals surface area contributed by atoms with Crippen molar-refractivity contribution in [1.82, 2.24) is 10.2 Å². The van der Waals surface area contributed by atoms with Crippen LogP contribution in [0.3, 0.4) is 0 Å². The topological polar surface area (TPSA) is 62.6 Å². The molecule has 0 radical (unpaired) electrons. The van der Waals surface area contributed by atoms with E-state index >= 15 is 0 Å². The molecule has 2 amide bonds. The molecule has 1 saturated heterocycles. The lowest BCUT2D eigenvalue weighted by atomic mass is 9.96. The van der Waals surface area contributed by atoms with Crippen LogP contribution in [0, 0.1) is 5.92 Å². The van der Waals surface area contributed by atoms with E-state index in [2.05, 4.69) is 17.4 Å². The first-order chi connectivity index (χ1) is 12.6. The quantitative estimate of drug-likeness (QED) is 0.866. The van der Waals surface area contributed by atoms with E-state index in [0.717, 1.165) is 25.7 Å². The van der Waals surface area contributed by atoms with E-state index in [1.165, 1.54) is 11.8 Å². The molecule has 138 valence electrons. The minimum Gasteiger partial charge on any atom is -0.459 e. The molecule has 1 N–H and O–H groups in total. The third-order valence-corrected chi connectivity index (χ3v) is 4.91. The normalized spacial score (nSPS) is 18.3. The number of hydrogen-bond acceptors (Lipinski definition) is 3. The van der Waals surface area contributed by atoms with Crippen molar-refractivity contribution in [2.45, 2.75) is 38.6 Å². The van der Waals surface area contributed by atoms with E-state index in [1.54, 1.807) is 17.0 Å². The summed E-state index contributed by atoms with van der Waals surface area (Å²) in [5.74, 6) is 0.0938. The third-order valence-electron chi connectivity index (χ3n) is 4.91. The number of furan rings is 1. The maximum Gasteiger partial charge on any atom is 0.289 e. The zero-order valence-electron chi connectivity index (χ0n) is 15.2. The van der Waals surface area contributed by atoms with Crippen molar-refractivity contribution in [2.75, 3.05) is 13.1 Å². The maximum absolute atomic E-state index is 12.6. The highest BCUT2D eigenvalue weighted by molar-refractivity contribution is 5.92. The van der Waals surface area contributed by atoms with Crippen LogP contribution in [-0.2, 0) is 11.2 Å². The molecule has 1 aromatic carbocycles. The van der Waals surface area contributed by atoms with Crippen molar-refractivity contribution in [3.05, 3.63) is 60.1 Å². The van der Waals surface area contributed by atoms with Gasteiger partial charge in [0, 0.05) is 19.1 Å². The van der Waals surface area contributed by atoms with Crippen LogP contribution in [-0.4, -0.2) is 35.8 Å². The van der Waals surface area contributed by atoms with Crippen LogP contribution in [0.15, 0.2) is 53.1 Å². The number of nitrogens with zero attached hydrogens (tertiary/aromatic N) is 1. The number of piperidine rings is 1. The number of nitrogens with one attached hydrogen (secondary N) is 1. The highest BCUT2D eigenvalue weighted by atomic mass is 16.3. The summed E-state index contributed by atoms with van der Waals surface area (Å²) in [4.78, 5) is 26.7. The van der Waals surface area contributed by atoms with Gasteiger partial charge in [0.05, 0.1) is 12.2 Å². The molecule has 0 unspecified atom stereocenters. The van der Waals surface area contributed by atoms with Gasteiger partial charge < -0.3 is 14.6 Å². The smallest absolute Gasteiger partial charge is 0.289 e. The van der Waals surface area contributed by atoms with Crippen LogP contribution in [0.25, 0.3) is 0 Å². The fraction of sp³-hybridized carbons (Fsp3) is 0.429. The largest absolute Gasteiger partial charge is 0.459 e. The van der Waals surface area contributed by atoms with Gasteiger partial charge in [0.2, 0.25) is 5.91 Å². The van der Waals surface area contributed by atoms with Gasteiger partial charge in [-0.3, -0.25) is 9.59 Å². The summed E-state index contributed by atoms with van der Waals surface area (Å²) in [5.41, 5.74) is 1.28. The summed E-state index contributed by atoms with van der Waals surface area (Å²) < 4.78 is 5.19. The monoisotopic (exact) mass is 354 g/mol. The molecule has 1 aliphatic heterocycles. The van der Waals surface area contributed by atoms with Crippen molar-refractivity contribution in [2.24, 2.45) is 5.92 Å². The molecule has 0 spiro atoms. The van der Waals surface area contributed by atoms with Gasteiger partial charge in [-0.15, -0.1) is 0 Å². The van der Waals surface area contributed by atoms with Gasteiger partial charge in [-0.25, -0.2) is 0 Å². The van der Waals surface area contributed by atoms with E-state index in [1.807, 2.05) is 25.1 Å². The van der Waals surface area contributed by atoms with Crippen LogP contribution in [0.4, 0.5) is 0 Å². The first-order valence-electron chi connectivity index (χ1n) is 9.30. The van der Waals surface area contributed by atoms with Gasteiger partial charge in [-0.05, 0) is 50.3 Å². The van der Waals surface area contributed by atoms with Gasteiger partial charge in [-0.1, -0.05) is 30.3 Å². The molecule has 0 bridgehead atoms. The molecule has 3 rings (SSSR count). The second kappa shape index (κ2) is 8.70. The fourth-order valence-corrected chi connectivity index (χ4v) is 3.39. The zero-order valence-corrected chi connectivity index (χ0v) is 15.2. The molecular weight excluding hydrogens is 328 g/mol. The Kier molecular flexibility index (Phi) is 6.10. The molecule has 1 fully saturated rings. The number of hydrogen-bond donors (Lipinski definition) is 1. The summed E-state index contributed by atoms with van der Waals surface area (Å²) in [6.45, 7) is 3.17. The van der Waals surface area contributed by atoms with Crippen molar-refractivity contribution in [3.63, 3.8) is 0 Å². The molecule has 2 heterocycles. The average molecular weight is 354 g/mol. The highest BCUT2D eigenvalue weighted by Crippen LogP contribution is 2.19. The average Bonchev–Trinajstić information content (AvgIpc) is 3.21. The Labute approximate surface area is 154 Å². The Bertz CT molecular complexity index is 712. The summed E-state index contributed by atoms with van der Waals surface area (Å²) in [7, 11) is 0. The van der Waals surface area contributed by atoms with Crippen LogP contribution in [0.1, 0.15) is 42.3 Å². The van der Waals surface area contributed by atoms with Crippen LogP contribution in [0.5, 0.6) is 0 Å². The lowest BCUT2D eigenvalue weighted by Crippen LogP contribution is -2.47. The molecule has 5 heteroatoms. The molecule has 26 heavy (non-hydrogen) atoms. The number of benzene rings is 1. The summed E-state index contributed by atoms with van der Waals surface area (Å²) in [6.07, 6.45) is 4.99. The third kappa shape index (κ3) is 4.75. The van der Waals surface area contributed by atoms with E-state index in [9.17, 15) is 9.59 Å². The molecule has 5 nitrogen and oxygen atoms in total. The van der Waals surface area contributed by atoms with E-state index in [-0.39, 0.29) is 23.8 Å². The Balaban J connectivity index is 1.48. The van der Waals surface area contributed by atoms with E-state index in [0.29, 0.717) is 18.8 Å². The van der Waals surface area contributed by atoms with Gasteiger partial charge in [0.1, 0.15) is 0 Å². The van der Waals surface area contributed by atoms with E-state index in [4.69, 9.17) is 4.42 Å². The van der Waals surface area contributed by atoms with Gasteiger partial charge in [-0.2, -0.15) is 0 Å². The van der Waals surface area contributed by atoms with Gasteiger partial charge >= 0.3 is 0 Å². The second-order valence-electron chi connectivity index (χ2n) is 7.00. The fourth-order valence-electron chi connectivity index (χ4n) is 3.39. The molecule has 2 aromatic rings. The Morgan fingerprint density at radius 2 is 2.04 bits per heavy atom. The highest BCUT2D eigenvalue weighted by Gasteiger charge is 2.30. The lowest BCUT2D eigenvalue weighted by molar-refractivity contribution is -0.127. The van der Waals surface area contributed by atoms with Crippen molar-refractivity contribution in [3.8, 4) is 0 Å². The minimum atomic E-state index is -0.151. The van der Waals surface area contributed by atoms with Crippen molar-refractivity contribution >= 4 is 11.8 Å². The second-order valence-corrected chi connectivity index (χ2v) is 7.00. The minimum absolute atomic E-state index is 0.0440. The van der Waals surface area contributed by atoms with Crippen LogP contribution < -0.4 is 5.32 Å². The number of likely N-dealkylation sites (tertiary alicyclic amines) is 1. The predicted molar refractivity (Wildman–Crippen MR) is 99.7 cm³/mol. The first-order valence-corrected chi connectivity index (χ1v) is 9.30. The lowest BCUT2D eigenvalue weighted by Gasteiger charge is -2.32. The van der Waals surface area contributed by atoms with Gasteiger partial charge in [0.25, 0.3) is 5.91 Å². The Hall–Kier alpha value is -2.56. The number of carbonyl (C=O) groups is 2. The molecule has 1 aliphatic rings. The number of rotatable bonds is 6. The van der Waals surface area contributed by atoms with Crippen LogP contribution in [0.2, 0.25) is 0 Å². The Morgan fingerprint density at radius 1 is 1.23 bits per heavy atom. The molecule has 1 aromatic heterocycles. The standard InChI is InChI=1S/C21H26N2O3/c1-16(11-12-17-7-3-2-4-8-17)22-20(24)18-9-5-13-23(15-18)21(25)19-10-6-14-26-19/h2-4,6-8,10,14,16,18H,5,9,11-13,15H2,1H3,(H,22,24)/t16-,18+/m1/s1. The number of carbonyl (C=O) groups excluding carboxylic acids is 2. The molecule has 0 aliphatic carbocycles. The van der Waals surface area contributed by atoms with Crippen molar-refractivity contribution in [1.29, 1.82) is 0 Å². The number of amides is 2. The molecular formula is C21H26N2O3. The number of aryl methyl sites for hydroxylation is 1. The predicted octanol–water partition coefficient (Wildman–Crippen LogP) is 3.27. The summed E-state index contributed by atoms with van der Waals surface area (Å²) in [5, 5.41) is 3.11. The molecule has 2 atom stereocenters. The van der Waals surface area contributed by atoms with Gasteiger partial charge in [0.15, 0.2) is 5.76 Å². The van der Waals surface area contributed by atoms with Crippen LogP contribution >= 0.6 is 0 Å². The summed E-state index contributed by atoms with van der Waals surface area (Å²) >= 11 is 0. The zero-order chi connectivity index (χ0) is 18.4. The first kappa shape index (κ1) is 18.2. The SMILES string of the molecule is C[C@H](CCc1ccccc1)NC(=O)[C@H]1CCCN(C(=O)c2ccco2)C1. The maximum atomic E-state index is 12.6. The van der Waals surface area contributed by atoms with Crippen molar-refractivity contribution < 1.29 is 14.0 Å². The Morgan fingerprint density at radius 3 is 2.77 bits per heavy atom. The van der Waals surface area contributed by atoms with E-state index < -0.39 is 0 Å². The summed E-state index contributed by atoms with van der Waals surface area (Å²) in [6, 6.07) is 13.8. The molecule has 0 saturated carbocycles.